The maximum Gasteiger partial charge on any atom is 0.246 e. The lowest BCUT2D eigenvalue weighted by atomic mass is 9.84. The summed E-state index contributed by atoms with van der Waals surface area (Å²) < 4.78 is 24.6. The molecule has 4 aliphatic carbocycles. The molecule has 8 fully saturated rings. The molecule has 0 aromatic rings. The molecule has 12 amide bonds. The number of rotatable bonds is 45. The van der Waals surface area contributed by atoms with Crippen LogP contribution in [0.15, 0.2) is 0 Å². The minimum absolute atomic E-state index is 0. The number of halogens is 4. The van der Waals surface area contributed by atoms with Crippen LogP contribution in [0.5, 0.6) is 0 Å². The molecule has 4 aliphatic heterocycles. The van der Waals surface area contributed by atoms with Gasteiger partial charge in [0.15, 0.2) is 0 Å². The third-order valence-electron chi connectivity index (χ3n) is 29.5. The first-order valence-electron chi connectivity index (χ1n) is 52.2. The van der Waals surface area contributed by atoms with E-state index in [-0.39, 0.29) is 183 Å². The van der Waals surface area contributed by atoms with Gasteiger partial charge >= 0.3 is 0 Å². The fourth-order valence-electron chi connectivity index (χ4n) is 20.3. The average Bonchev–Trinajstić information content (AvgIpc) is 1.64. The molecular weight excluding hydrogens is 1870 g/mol. The lowest BCUT2D eigenvalue weighted by Gasteiger charge is -2.37. The van der Waals surface area contributed by atoms with Gasteiger partial charge in [0.2, 0.25) is 70.9 Å². The topological polar surface area (TPSA) is 399 Å². The summed E-state index contributed by atoms with van der Waals surface area (Å²) in [6, 6.07) is -8.05. The average molecular weight is 2060 g/mol. The first-order valence-corrected chi connectivity index (χ1v) is 52.2. The smallest absolute Gasteiger partial charge is 0.246 e. The summed E-state index contributed by atoms with van der Waals surface area (Å²) in [7, 11) is 6.82. The number of carbonyl (C=O) groups is 12. The van der Waals surface area contributed by atoms with Gasteiger partial charge in [-0.1, -0.05) is 185 Å². The van der Waals surface area contributed by atoms with E-state index in [0.717, 1.165) is 141 Å². The Bertz CT molecular complexity index is 3690. The van der Waals surface area contributed by atoms with Gasteiger partial charge in [0.1, 0.15) is 61.5 Å². The predicted molar refractivity (Wildman–Crippen MR) is 559 cm³/mol. The van der Waals surface area contributed by atoms with Gasteiger partial charge in [-0.15, -0.1) is 49.6 Å². The molecule has 804 valence electrons. The van der Waals surface area contributed by atoms with E-state index in [9.17, 15) is 57.5 Å². The quantitative estimate of drug-likeness (QED) is 0.0199. The van der Waals surface area contributed by atoms with Gasteiger partial charge < -0.3 is 102 Å². The van der Waals surface area contributed by atoms with Gasteiger partial charge in [-0.05, 0) is 229 Å². The van der Waals surface area contributed by atoms with Crippen molar-refractivity contribution in [2.24, 2.45) is 45.3 Å². The number of amides is 12. The molecule has 4 saturated heterocycles. The molecule has 8 aliphatic rings. The van der Waals surface area contributed by atoms with Gasteiger partial charge in [0, 0.05) is 39.4 Å². The molecule has 4 saturated carbocycles. The van der Waals surface area contributed by atoms with Crippen LogP contribution in [-0.4, -0.2) is 294 Å². The molecule has 0 unspecified atom stereocenters. The predicted octanol–water partition coefficient (Wildman–Crippen LogP) is 10.1. The Morgan fingerprint density at radius 2 is 0.479 bits per heavy atom. The monoisotopic (exact) mass is 2050 g/mol. The SMILES string of the molecule is CN[C@@H](C)C(=O)N[C@H](C(=O)N1CCC[C@H]1C(=O)N[C@H](COCC#CC#CCOC[C@@H](NC(=O)[C@@H]1CCCN1C(=O)[C@@H](NC(=O)[C@H](C)NC)C(C)(C)C)C1CCCCC1)C1CCCCC1)C(C)(C)C.CN[C@@H](C)C(=O)N[C@H](C(=O)N1CCC[C@H]1C(=O)N[C@H](COCCCCCCOC[C@@H](NC(=O)[C@@H]1CCCN1C(=O)[C@@H](NC(=O)[C@H](C)NC)C(C)(C)C)C1CCCCC1)C1CCCCC1)C(C)(C)C.Cl.Cl.Cl.Cl. The molecule has 0 aromatic carbocycles. The zero-order valence-corrected chi connectivity index (χ0v) is 91.9. The van der Waals surface area contributed by atoms with Crippen LogP contribution in [0.25, 0.3) is 0 Å². The number of likely N-dealkylation sites (N-methyl/N-ethyl adjacent to an activating group) is 4. The number of nitrogens with zero attached hydrogens (tertiary/aromatic N) is 4. The summed E-state index contributed by atoms with van der Waals surface area (Å²) in [5.41, 5.74) is -2.21. The highest BCUT2D eigenvalue weighted by atomic mass is 35.5. The Balaban J connectivity index is 0.000000700. The summed E-state index contributed by atoms with van der Waals surface area (Å²) in [6.45, 7) is 34.9. The van der Waals surface area contributed by atoms with Crippen LogP contribution in [0.3, 0.4) is 0 Å². The first kappa shape index (κ1) is 128. The van der Waals surface area contributed by atoms with Crippen molar-refractivity contribution < 1.29 is 76.5 Å². The van der Waals surface area contributed by atoms with Crippen LogP contribution < -0.4 is 63.8 Å². The second kappa shape index (κ2) is 63.9. The van der Waals surface area contributed by atoms with Crippen molar-refractivity contribution in [3.05, 3.63) is 0 Å². The zero-order chi connectivity index (χ0) is 100. The summed E-state index contributed by atoms with van der Waals surface area (Å²) in [5, 5.41) is 36.7. The molecule has 12 N–H and O–H groups in total. The van der Waals surface area contributed by atoms with Crippen LogP contribution in [-0.2, 0) is 76.5 Å². The van der Waals surface area contributed by atoms with Gasteiger partial charge in [0.25, 0.3) is 0 Å². The van der Waals surface area contributed by atoms with Crippen molar-refractivity contribution >= 4 is 121 Å². The van der Waals surface area contributed by atoms with Gasteiger partial charge in [0.05, 0.1) is 74.8 Å². The number of carbonyl (C=O) groups excluding carboxylic acids is 12. The molecular formula is C104H184Cl4N16O16. The minimum atomic E-state index is -0.785. The Kier molecular flexibility index (Phi) is 58.3. The van der Waals surface area contributed by atoms with Crippen LogP contribution in [0.4, 0.5) is 0 Å². The Morgan fingerprint density at radius 3 is 0.671 bits per heavy atom. The van der Waals surface area contributed by atoms with E-state index in [4.69, 9.17) is 18.9 Å². The van der Waals surface area contributed by atoms with E-state index in [1.807, 2.05) is 83.1 Å². The molecule has 8 rings (SSSR count). The number of hydrogen-bond acceptors (Lipinski definition) is 20. The maximum absolute atomic E-state index is 14.0. The second-order valence-electron chi connectivity index (χ2n) is 44.3. The Hall–Kier alpha value is -6.40. The summed E-state index contributed by atoms with van der Waals surface area (Å²) in [4.78, 5) is 170. The lowest BCUT2D eigenvalue weighted by molar-refractivity contribution is -0.144. The largest absolute Gasteiger partial charge is 0.379 e. The van der Waals surface area contributed by atoms with Gasteiger partial charge in [-0.25, -0.2) is 0 Å². The molecule has 0 aromatic heterocycles. The van der Waals surface area contributed by atoms with Crippen molar-refractivity contribution in [1.82, 2.24) is 83.4 Å². The second-order valence-corrected chi connectivity index (χ2v) is 44.3. The molecule has 140 heavy (non-hydrogen) atoms. The number of ether oxygens (including phenoxy) is 4. The van der Waals surface area contributed by atoms with Crippen molar-refractivity contribution in [1.29, 1.82) is 0 Å². The van der Waals surface area contributed by atoms with Crippen LogP contribution >= 0.6 is 49.6 Å². The highest BCUT2D eigenvalue weighted by Crippen LogP contribution is 2.36. The summed E-state index contributed by atoms with van der Waals surface area (Å²) >= 11 is 0. The van der Waals surface area contributed by atoms with E-state index in [0.29, 0.717) is 103 Å². The van der Waals surface area contributed by atoms with E-state index in [2.05, 4.69) is 87.5 Å². The fourth-order valence-corrected chi connectivity index (χ4v) is 20.3. The summed E-state index contributed by atoms with van der Waals surface area (Å²) in [5.74, 6) is 10.2. The number of likely N-dealkylation sites (tertiary alicyclic amines) is 4. The number of unbranched alkanes of at least 4 members (excludes halogenated alkanes) is 3. The van der Waals surface area contributed by atoms with Gasteiger partial charge in [-0.2, -0.15) is 0 Å². The van der Waals surface area contributed by atoms with Crippen molar-refractivity contribution in [2.45, 2.75) is 413 Å². The molecule has 0 bridgehead atoms. The molecule has 0 spiro atoms. The highest BCUT2D eigenvalue weighted by Gasteiger charge is 2.49. The van der Waals surface area contributed by atoms with Gasteiger partial charge in [-0.3, -0.25) is 57.5 Å². The van der Waals surface area contributed by atoms with Crippen molar-refractivity contribution in [3.63, 3.8) is 0 Å². The van der Waals surface area contributed by atoms with E-state index in [1.165, 1.54) is 25.7 Å². The standard InChI is InChI=1S/C52H94N8O8.C52H86N8O8.4ClH/c2*1-35(53-9)45(61)57-43(51(3,4)5)49(65)59-29-21-27-41(59)47(63)55-39(37-23-15-13-16-24-37)33-67-31-19-11-12-20-32-68-34-40(38-25-17-14-18-26-38)56-48(64)42-28-22-30-60(42)50(66)44(52(6,7)8)58-46(62)36(2)54-10;;;;/h35-44,53-54H,11-34H2,1-10H3,(H,55,63)(H,56,64)(H,57,61)(H,58,62);35-44,53-54H,13-18,21-34H2,1-10H3,(H,55,63)(H,56,64)(H,57,61)(H,58,62);4*1H/t2*35-,36-,39+,40+,41-,42-,43+,44+;;;;/m00..../s1. The maximum atomic E-state index is 14.0. The van der Waals surface area contributed by atoms with Crippen molar-refractivity contribution in [3.8, 4) is 23.7 Å². The Labute approximate surface area is 864 Å². The number of nitrogens with one attached hydrogen (secondary N) is 12. The molecule has 36 heteroatoms. The normalized spacial score (nSPS) is 21.6. The highest BCUT2D eigenvalue weighted by molar-refractivity contribution is 5.97. The number of hydrogen-bond donors (Lipinski definition) is 12. The molecule has 32 nitrogen and oxygen atoms in total. The summed E-state index contributed by atoms with van der Waals surface area (Å²) in [6.07, 6.45) is 30.7. The van der Waals surface area contributed by atoms with E-state index >= 15 is 0 Å². The van der Waals surface area contributed by atoms with Crippen molar-refractivity contribution in [2.75, 3.05) is 107 Å². The minimum Gasteiger partial charge on any atom is -0.379 e. The van der Waals surface area contributed by atoms with Crippen LogP contribution in [0, 0.1) is 69.0 Å². The first-order chi connectivity index (χ1) is 64.6. The van der Waals surface area contributed by atoms with E-state index in [1.54, 1.807) is 75.5 Å². The van der Waals surface area contributed by atoms with E-state index < -0.39 is 94.2 Å². The third kappa shape index (κ3) is 40.4. The molecule has 0 radical (unpaired) electrons. The molecule has 4 heterocycles. The zero-order valence-electron chi connectivity index (χ0n) is 88.6. The molecule has 16 atom stereocenters. The lowest BCUT2D eigenvalue weighted by Crippen LogP contribution is -2.60. The van der Waals surface area contributed by atoms with Crippen LogP contribution in [0.2, 0.25) is 0 Å². The fraction of sp³-hybridized carbons (Fsp3) is 0.846. The third-order valence-corrected chi connectivity index (χ3v) is 29.5. The van der Waals surface area contributed by atoms with Crippen LogP contribution in [0.1, 0.15) is 316 Å². The Morgan fingerprint density at radius 1 is 0.279 bits per heavy atom.